The lowest BCUT2D eigenvalue weighted by Gasteiger charge is -2.38. The topological polar surface area (TPSA) is 70.1 Å². The third-order valence-corrected chi connectivity index (χ3v) is 4.22. The van der Waals surface area contributed by atoms with Crippen LogP contribution in [-0.2, 0) is 11.3 Å². The molecule has 3 heterocycles. The standard InChI is InChI=1S/C15H22N6O/c1-11-8-12(2)21(18-11)10-14(22)20-7-6-19(3)13(9-20)15-16-4-5-17-15/h4-5,8,13H,6-7,9-10H2,1-3H3,(H,16,17)/t13-/m0/s1. The largest absolute Gasteiger partial charge is 0.347 e. The van der Waals surface area contributed by atoms with Crippen molar-refractivity contribution in [2.45, 2.75) is 26.4 Å². The van der Waals surface area contributed by atoms with E-state index in [1.807, 2.05) is 31.0 Å². The average molecular weight is 302 g/mol. The maximum absolute atomic E-state index is 12.6. The van der Waals surface area contributed by atoms with E-state index < -0.39 is 0 Å². The van der Waals surface area contributed by atoms with Gasteiger partial charge in [0.25, 0.3) is 0 Å². The van der Waals surface area contributed by atoms with Crippen molar-refractivity contribution in [2.75, 3.05) is 26.7 Å². The van der Waals surface area contributed by atoms with Gasteiger partial charge >= 0.3 is 0 Å². The molecule has 0 aromatic carbocycles. The summed E-state index contributed by atoms with van der Waals surface area (Å²) >= 11 is 0. The molecule has 22 heavy (non-hydrogen) atoms. The molecule has 7 heteroatoms. The van der Waals surface area contributed by atoms with Crippen LogP contribution in [0.5, 0.6) is 0 Å². The fourth-order valence-electron chi connectivity index (χ4n) is 2.92. The van der Waals surface area contributed by atoms with Gasteiger partial charge in [-0.05, 0) is 27.0 Å². The Morgan fingerprint density at radius 1 is 1.41 bits per heavy atom. The summed E-state index contributed by atoms with van der Waals surface area (Å²) < 4.78 is 1.78. The zero-order valence-corrected chi connectivity index (χ0v) is 13.3. The Labute approximate surface area is 129 Å². The SMILES string of the molecule is Cc1cc(C)n(CC(=O)N2CCN(C)[C@H](c3ncc[nH]3)C2)n1. The molecule has 1 N–H and O–H groups in total. The minimum absolute atomic E-state index is 0.107. The number of amides is 1. The van der Waals surface area contributed by atoms with Gasteiger partial charge in [-0.3, -0.25) is 14.4 Å². The highest BCUT2D eigenvalue weighted by atomic mass is 16.2. The van der Waals surface area contributed by atoms with Crippen molar-refractivity contribution in [3.05, 3.63) is 35.7 Å². The number of aromatic amines is 1. The Balaban J connectivity index is 1.69. The van der Waals surface area contributed by atoms with Gasteiger partial charge in [0.2, 0.25) is 5.91 Å². The number of imidazole rings is 1. The summed E-state index contributed by atoms with van der Waals surface area (Å²) in [5.41, 5.74) is 1.96. The van der Waals surface area contributed by atoms with Crippen LogP contribution >= 0.6 is 0 Å². The van der Waals surface area contributed by atoms with Gasteiger partial charge in [-0.25, -0.2) is 4.98 Å². The van der Waals surface area contributed by atoms with E-state index in [4.69, 9.17) is 0 Å². The Kier molecular flexibility index (Phi) is 3.98. The molecule has 3 rings (SSSR count). The Hall–Kier alpha value is -2.15. The lowest BCUT2D eigenvalue weighted by Crippen LogP contribution is -2.50. The van der Waals surface area contributed by atoms with Gasteiger partial charge in [-0.1, -0.05) is 0 Å². The first-order valence-corrected chi connectivity index (χ1v) is 7.53. The first-order chi connectivity index (χ1) is 10.5. The summed E-state index contributed by atoms with van der Waals surface area (Å²) in [7, 11) is 2.07. The second-order valence-electron chi connectivity index (χ2n) is 5.90. The summed E-state index contributed by atoms with van der Waals surface area (Å²) in [4.78, 5) is 24.2. The molecular formula is C15H22N6O. The summed E-state index contributed by atoms with van der Waals surface area (Å²) in [6.45, 7) is 6.45. The van der Waals surface area contributed by atoms with E-state index in [0.717, 1.165) is 30.3 Å². The second kappa shape index (κ2) is 5.92. The number of aryl methyl sites for hydroxylation is 2. The minimum Gasteiger partial charge on any atom is -0.347 e. The highest BCUT2D eigenvalue weighted by Crippen LogP contribution is 2.21. The molecule has 1 aliphatic rings. The fourth-order valence-corrected chi connectivity index (χ4v) is 2.92. The second-order valence-corrected chi connectivity index (χ2v) is 5.90. The first-order valence-electron chi connectivity index (χ1n) is 7.53. The third-order valence-electron chi connectivity index (χ3n) is 4.22. The zero-order chi connectivity index (χ0) is 15.7. The number of H-pyrrole nitrogens is 1. The smallest absolute Gasteiger partial charge is 0.244 e. The molecule has 1 atom stereocenters. The van der Waals surface area contributed by atoms with Crippen molar-refractivity contribution in [3.63, 3.8) is 0 Å². The number of nitrogens with one attached hydrogen (secondary N) is 1. The van der Waals surface area contributed by atoms with E-state index >= 15 is 0 Å². The molecule has 0 radical (unpaired) electrons. The minimum atomic E-state index is 0.107. The number of piperazine rings is 1. The highest BCUT2D eigenvalue weighted by molar-refractivity contribution is 5.76. The number of rotatable bonds is 3. The number of likely N-dealkylation sites (N-methyl/N-ethyl adjacent to an activating group) is 1. The zero-order valence-electron chi connectivity index (χ0n) is 13.3. The molecule has 1 aliphatic heterocycles. The molecule has 1 saturated heterocycles. The number of aromatic nitrogens is 4. The van der Waals surface area contributed by atoms with Gasteiger partial charge in [0.1, 0.15) is 12.4 Å². The Bertz CT molecular complexity index is 647. The van der Waals surface area contributed by atoms with Gasteiger partial charge in [-0.2, -0.15) is 5.10 Å². The molecule has 2 aromatic rings. The summed E-state index contributed by atoms with van der Waals surface area (Å²) in [6, 6.07) is 2.11. The molecular weight excluding hydrogens is 280 g/mol. The average Bonchev–Trinajstić information content (AvgIpc) is 3.10. The van der Waals surface area contributed by atoms with Crippen LogP contribution in [0.4, 0.5) is 0 Å². The van der Waals surface area contributed by atoms with Crippen LogP contribution in [0.25, 0.3) is 0 Å². The molecule has 2 aromatic heterocycles. The lowest BCUT2D eigenvalue weighted by molar-refractivity contribution is -0.135. The van der Waals surface area contributed by atoms with Gasteiger partial charge < -0.3 is 9.88 Å². The molecule has 7 nitrogen and oxygen atoms in total. The first kappa shape index (κ1) is 14.8. The van der Waals surface area contributed by atoms with Gasteiger partial charge in [0.05, 0.1) is 11.7 Å². The van der Waals surface area contributed by atoms with Crippen LogP contribution in [-0.4, -0.2) is 62.1 Å². The van der Waals surface area contributed by atoms with E-state index in [9.17, 15) is 4.79 Å². The summed E-state index contributed by atoms with van der Waals surface area (Å²) in [6.07, 6.45) is 3.57. The van der Waals surface area contributed by atoms with E-state index in [-0.39, 0.29) is 11.9 Å². The Morgan fingerprint density at radius 2 is 2.23 bits per heavy atom. The normalized spacial score (nSPS) is 19.6. The third kappa shape index (κ3) is 2.89. The van der Waals surface area contributed by atoms with E-state index in [0.29, 0.717) is 13.1 Å². The predicted octanol–water partition coefficient (Wildman–Crippen LogP) is 0.738. The van der Waals surface area contributed by atoms with E-state index in [2.05, 4.69) is 27.0 Å². The lowest BCUT2D eigenvalue weighted by atomic mass is 10.1. The van der Waals surface area contributed by atoms with E-state index in [1.54, 1.807) is 10.9 Å². The molecule has 0 bridgehead atoms. The molecule has 0 unspecified atom stereocenters. The molecule has 118 valence electrons. The van der Waals surface area contributed by atoms with Crippen molar-refractivity contribution in [1.82, 2.24) is 29.5 Å². The fraction of sp³-hybridized carbons (Fsp3) is 0.533. The number of nitrogens with zero attached hydrogens (tertiary/aromatic N) is 5. The number of carbonyl (C=O) groups excluding carboxylic acids is 1. The maximum Gasteiger partial charge on any atom is 0.244 e. The maximum atomic E-state index is 12.6. The summed E-state index contributed by atoms with van der Waals surface area (Å²) in [5, 5.41) is 4.37. The van der Waals surface area contributed by atoms with Crippen molar-refractivity contribution in [1.29, 1.82) is 0 Å². The summed E-state index contributed by atoms with van der Waals surface area (Å²) in [5.74, 6) is 1.02. The van der Waals surface area contributed by atoms with Crippen molar-refractivity contribution >= 4 is 5.91 Å². The number of carbonyl (C=O) groups is 1. The van der Waals surface area contributed by atoms with Crippen LogP contribution in [0.2, 0.25) is 0 Å². The molecule has 0 saturated carbocycles. The number of hydrogen-bond acceptors (Lipinski definition) is 4. The molecule has 1 amide bonds. The van der Waals surface area contributed by atoms with Gasteiger partial charge in [0.15, 0.2) is 0 Å². The van der Waals surface area contributed by atoms with Crippen LogP contribution in [0, 0.1) is 13.8 Å². The molecule has 0 aliphatic carbocycles. The predicted molar refractivity (Wildman–Crippen MR) is 82.2 cm³/mol. The van der Waals surface area contributed by atoms with Gasteiger partial charge in [0, 0.05) is 37.7 Å². The molecule has 0 spiro atoms. The van der Waals surface area contributed by atoms with E-state index in [1.165, 1.54) is 0 Å². The monoisotopic (exact) mass is 302 g/mol. The van der Waals surface area contributed by atoms with Crippen molar-refractivity contribution in [3.8, 4) is 0 Å². The van der Waals surface area contributed by atoms with Crippen LogP contribution in [0.1, 0.15) is 23.3 Å². The quantitative estimate of drug-likeness (QED) is 0.908. The molecule has 1 fully saturated rings. The van der Waals surface area contributed by atoms with Crippen LogP contribution in [0.15, 0.2) is 18.5 Å². The van der Waals surface area contributed by atoms with Gasteiger partial charge in [-0.15, -0.1) is 0 Å². The van der Waals surface area contributed by atoms with Crippen LogP contribution < -0.4 is 0 Å². The highest BCUT2D eigenvalue weighted by Gasteiger charge is 2.30. The Morgan fingerprint density at radius 3 is 2.86 bits per heavy atom. The van der Waals surface area contributed by atoms with Crippen molar-refractivity contribution in [2.24, 2.45) is 0 Å². The van der Waals surface area contributed by atoms with Crippen LogP contribution in [0.3, 0.4) is 0 Å². The number of hydrogen-bond donors (Lipinski definition) is 1. The van der Waals surface area contributed by atoms with Crippen molar-refractivity contribution < 1.29 is 4.79 Å².